The van der Waals surface area contributed by atoms with Crippen LogP contribution < -0.4 is 16.0 Å². The largest absolute Gasteiger partial charge is 0.356 e. The van der Waals surface area contributed by atoms with Crippen LogP contribution in [0.1, 0.15) is 36.4 Å². The number of carbonyl (C=O) groups is 2. The third-order valence-electron chi connectivity index (χ3n) is 6.65. The fourth-order valence-corrected chi connectivity index (χ4v) is 4.58. The average molecular weight is 537 g/mol. The van der Waals surface area contributed by atoms with Gasteiger partial charge in [-0.05, 0) is 35.7 Å². The number of H-pyrrole nitrogens is 1. The number of aromatic nitrogens is 2. The number of non-ortho nitro benzene ring substituents is 1. The highest BCUT2D eigenvalue weighted by Gasteiger charge is 2.30. The minimum absolute atomic E-state index is 0.0862. The first-order valence-electron chi connectivity index (χ1n) is 12.9. The van der Waals surface area contributed by atoms with E-state index in [9.17, 15) is 19.7 Å². The van der Waals surface area contributed by atoms with Gasteiger partial charge >= 0.3 is 0 Å². The summed E-state index contributed by atoms with van der Waals surface area (Å²) in [5.74, 6) is 0.467. The molecule has 10 nitrogen and oxygen atoms in total. The highest BCUT2D eigenvalue weighted by Crippen LogP contribution is 2.39. The molecule has 1 aliphatic rings. The number of carbonyl (C=O) groups excluding carboxylic acids is 2. The second kappa shape index (κ2) is 11.2. The molecule has 4 aromatic rings. The molecule has 2 amide bonds. The van der Waals surface area contributed by atoms with Gasteiger partial charge in [-0.25, -0.2) is 4.98 Å². The molecular formula is C30H28N6O4. The summed E-state index contributed by atoms with van der Waals surface area (Å²) in [6.07, 6.45) is 3.34. The van der Waals surface area contributed by atoms with Gasteiger partial charge in [0.25, 0.3) is 11.6 Å². The number of aromatic amines is 1. The summed E-state index contributed by atoms with van der Waals surface area (Å²) in [7, 11) is 0. The first kappa shape index (κ1) is 26.4. The lowest BCUT2D eigenvalue weighted by atomic mass is 9.98. The number of nitrogens with zero attached hydrogens (tertiary/aromatic N) is 2. The van der Waals surface area contributed by atoms with Crippen LogP contribution in [0.15, 0.2) is 72.9 Å². The van der Waals surface area contributed by atoms with Crippen molar-refractivity contribution >= 4 is 40.1 Å². The number of benzene rings is 3. The number of hydrogen-bond donors (Lipinski definition) is 4. The second-order valence-corrected chi connectivity index (χ2v) is 9.41. The molecule has 0 saturated carbocycles. The van der Waals surface area contributed by atoms with Gasteiger partial charge in [-0.3, -0.25) is 19.7 Å². The van der Waals surface area contributed by atoms with Gasteiger partial charge in [0.15, 0.2) is 0 Å². The molecule has 2 heterocycles. The van der Waals surface area contributed by atoms with E-state index in [2.05, 4.69) is 25.9 Å². The lowest BCUT2D eigenvalue weighted by Gasteiger charge is -2.16. The van der Waals surface area contributed by atoms with Crippen LogP contribution in [0.4, 0.5) is 17.1 Å². The van der Waals surface area contributed by atoms with E-state index < -0.39 is 4.92 Å². The Morgan fingerprint density at radius 2 is 1.80 bits per heavy atom. The second-order valence-electron chi connectivity index (χ2n) is 9.41. The zero-order chi connectivity index (χ0) is 28.2. The Morgan fingerprint density at radius 3 is 2.45 bits per heavy atom. The maximum Gasteiger partial charge on any atom is 0.270 e. The Hall–Kier alpha value is -5.25. The van der Waals surface area contributed by atoms with Gasteiger partial charge < -0.3 is 20.9 Å². The van der Waals surface area contributed by atoms with E-state index in [1.54, 1.807) is 6.07 Å². The van der Waals surface area contributed by atoms with Crippen LogP contribution >= 0.6 is 0 Å². The van der Waals surface area contributed by atoms with Crippen LogP contribution in [-0.2, 0) is 22.4 Å². The van der Waals surface area contributed by atoms with E-state index >= 15 is 0 Å². The van der Waals surface area contributed by atoms with E-state index in [4.69, 9.17) is 0 Å². The van der Waals surface area contributed by atoms with Crippen molar-refractivity contribution in [3.05, 3.63) is 106 Å². The standard InChI is InChI=1S/C30H28N6O4/c1-3-27-32-17-26(34-27)20-8-10-22(11-9-20)33-29(21-6-4-19(5-7-21)14-15-31-18(2)37)28-24-16-23(36(39)40)12-13-25(24)35-30(28)38/h4-13,16-17,33H,3,14-15H2,1-2H3,(H,31,37)(H,32,34)(H,35,38)/b29-28-. The number of anilines is 2. The summed E-state index contributed by atoms with van der Waals surface area (Å²) in [4.78, 5) is 43.2. The Bertz CT molecular complexity index is 1620. The highest BCUT2D eigenvalue weighted by molar-refractivity contribution is 6.37. The van der Waals surface area contributed by atoms with Crippen molar-refractivity contribution in [3.63, 3.8) is 0 Å². The molecule has 0 atom stereocenters. The molecule has 0 saturated heterocycles. The van der Waals surface area contributed by atoms with Crippen molar-refractivity contribution in [2.75, 3.05) is 17.2 Å². The van der Waals surface area contributed by atoms with E-state index in [0.29, 0.717) is 35.5 Å². The molecule has 4 N–H and O–H groups in total. The summed E-state index contributed by atoms with van der Waals surface area (Å²) in [6, 6.07) is 19.7. The van der Waals surface area contributed by atoms with Crippen LogP contribution in [0.3, 0.4) is 0 Å². The van der Waals surface area contributed by atoms with E-state index in [1.165, 1.54) is 19.1 Å². The fourth-order valence-electron chi connectivity index (χ4n) is 4.58. The fraction of sp³-hybridized carbons (Fsp3) is 0.167. The molecule has 5 rings (SSSR count). The smallest absolute Gasteiger partial charge is 0.270 e. The lowest BCUT2D eigenvalue weighted by Crippen LogP contribution is -2.22. The average Bonchev–Trinajstić information content (AvgIpc) is 3.56. The molecule has 1 aromatic heterocycles. The maximum absolute atomic E-state index is 13.2. The van der Waals surface area contributed by atoms with Gasteiger partial charge in [0.05, 0.1) is 21.9 Å². The predicted octanol–water partition coefficient (Wildman–Crippen LogP) is 5.16. The zero-order valence-electron chi connectivity index (χ0n) is 22.1. The molecule has 40 heavy (non-hydrogen) atoms. The number of hydrogen-bond acceptors (Lipinski definition) is 6. The summed E-state index contributed by atoms with van der Waals surface area (Å²) in [6.45, 7) is 4.03. The number of nitro groups is 1. The van der Waals surface area contributed by atoms with Crippen molar-refractivity contribution in [1.82, 2.24) is 15.3 Å². The van der Waals surface area contributed by atoms with E-state index in [-0.39, 0.29) is 17.5 Å². The molecule has 10 heteroatoms. The third kappa shape index (κ3) is 5.60. The molecule has 0 aliphatic carbocycles. The van der Waals surface area contributed by atoms with Crippen molar-refractivity contribution < 1.29 is 14.5 Å². The first-order valence-corrected chi connectivity index (χ1v) is 12.9. The molecule has 202 valence electrons. The highest BCUT2D eigenvalue weighted by atomic mass is 16.6. The number of amides is 2. The summed E-state index contributed by atoms with van der Waals surface area (Å²) in [5, 5.41) is 20.5. The van der Waals surface area contributed by atoms with Crippen LogP contribution in [0.2, 0.25) is 0 Å². The first-order chi connectivity index (χ1) is 19.3. The zero-order valence-corrected chi connectivity index (χ0v) is 22.1. The summed E-state index contributed by atoms with van der Waals surface area (Å²) >= 11 is 0. The number of nitro benzene ring substituents is 1. The molecule has 0 unspecified atom stereocenters. The number of aryl methyl sites for hydroxylation is 1. The van der Waals surface area contributed by atoms with Gasteiger partial charge in [-0.15, -0.1) is 0 Å². The minimum atomic E-state index is -0.477. The molecule has 0 radical (unpaired) electrons. The van der Waals surface area contributed by atoms with Crippen LogP contribution in [0, 0.1) is 10.1 Å². The van der Waals surface area contributed by atoms with Crippen LogP contribution in [0.25, 0.3) is 22.5 Å². The maximum atomic E-state index is 13.2. The number of imidazole rings is 1. The molecular weight excluding hydrogens is 508 g/mol. The van der Waals surface area contributed by atoms with Gasteiger partial charge in [-0.2, -0.15) is 0 Å². The van der Waals surface area contributed by atoms with Crippen molar-refractivity contribution in [1.29, 1.82) is 0 Å². The Morgan fingerprint density at radius 1 is 1.05 bits per heavy atom. The predicted molar refractivity (Wildman–Crippen MR) is 154 cm³/mol. The summed E-state index contributed by atoms with van der Waals surface area (Å²) < 4.78 is 0. The van der Waals surface area contributed by atoms with E-state index in [1.807, 2.05) is 61.7 Å². The number of rotatable bonds is 9. The van der Waals surface area contributed by atoms with Crippen LogP contribution in [0.5, 0.6) is 0 Å². The van der Waals surface area contributed by atoms with Crippen molar-refractivity contribution in [2.45, 2.75) is 26.7 Å². The van der Waals surface area contributed by atoms with Gasteiger partial charge in [0.2, 0.25) is 5.91 Å². The Labute approximate surface area is 230 Å². The molecule has 0 fully saturated rings. The quantitative estimate of drug-likeness (QED) is 0.132. The van der Waals surface area contributed by atoms with Gasteiger partial charge in [-0.1, -0.05) is 43.3 Å². The van der Waals surface area contributed by atoms with Crippen molar-refractivity contribution in [3.8, 4) is 11.3 Å². The molecule has 3 aromatic carbocycles. The van der Waals surface area contributed by atoms with Crippen molar-refractivity contribution in [2.24, 2.45) is 0 Å². The van der Waals surface area contributed by atoms with Gasteiger partial charge in [0, 0.05) is 60.7 Å². The normalized spacial score (nSPS) is 13.4. The van der Waals surface area contributed by atoms with Crippen LogP contribution in [-0.4, -0.2) is 33.3 Å². The molecule has 1 aliphatic heterocycles. The molecule has 0 spiro atoms. The topological polar surface area (TPSA) is 142 Å². The Kier molecular flexibility index (Phi) is 7.41. The van der Waals surface area contributed by atoms with Gasteiger partial charge in [0.1, 0.15) is 5.82 Å². The number of nitrogens with one attached hydrogen (secondary N) is 4. The lowest BCUT2D eigenvalue weighted by molar-refractivity contribution is -0.384. The summed E-state index contributed by atoms with van der Waals surface area (Å²) in [5.41, 5.74) is 5.97. The van der Waals surface area contributed by atoms with E-state index in [0.717, 1.165) is 40.3 Å². The minimum Gasteiger partial charge on any atom is -0.356 e. The monoisotopic (exact) mass is 536 g/mol. The third-order valence-corrected chi connectivity index (χ3v) is 6.65. The Balaban J connectivity index is 1.53. The number of fused-ring (bicyclic) bond motifs is 1. The SMILES string of the molecule is CCc1nc(-c2ccc(N/C(=C3\C(=O)Nc4ccc([N+](=O)[O-])cc43)c3ccc(CCNC(C)=O)cc3)cc2)c[nH]1. The molecule has 0 bridgehead atoms.